The molecule has 2 aromatic heterocycles. The van der Waals surface area contributed by atoms with Crippen LogP contribution >= 0.6 is 22.7 Å². The van der Waals surface area contributed by atoms with E-state index in [1.165, 1.54) is 41.8 Å². The molecule has 6 nitrogen and oxygen atoms in total. The Balaban J connectivity index is 1.94. The Morgan fingerprint density at radius 3 is 2.29 bits per heavy atom. The van der Waals surface area contributed by atoms with Gasteiger partial charge in [-0.3, -0.25) is 9.59 Å². The fourth-order valence-corrected chi connectivity index (χ4v) is 5.52. The van der Waals surface area contributed by atoms with Crippen molar-refractivity contribution in [2.45, 2.75) is 19.5 Å². The molecule has 1 N–H and O–H groups in total. The Hall–Kier alpha value is -3.10. The van der Waals surface area contributed by atoms with Crippen LogP contribution in [0.1, 0.15) is 26.9 Å². The second-order valence-corrected chi connectivity index (χ2v) is 8.99. The van der Waals surface area contributed by atoms with E-state index in [0.29, 0.717) is 11.5 Å². The molecule has 1 saturated heterocycles. The van der Waals surface area contributed by atoms with Crippen LogP contribution in [0.25, 0.3) is 5.76 Å². The van der Waals surface area contributed by atoms with Crippen molar-refractivity contribution in [3.8, 4) is 11.5 Å². The van der Waals surface area contributed by atoms with E-state index >= 15 is 0 Å². The number of amides is 1. The molecule has 160 valence electrons. The summed E-state index contributed by atoms with van der Waals surface area (Å²) in [4.78, 5) is 29.6. The summed E-state index contributed by atoms with van der Waals surface area (Å²) < 4.78 is 10.8. The number of aryl methyl sites for hydroxylation is 1. The molecule has 1 aliphatic rings. The van der Waals surface area contributed by atoms with Gasteiger partial charge in [-0.05, 0) is 47.5 Å². The van der Waals surface area contributed by atoms with Gasteiger partial charge in [0.05, 0.1) is 26.3 Å². The molecule has 3 aromatic rings. The highest BCUT2D eigenvalue weighted by atomic mass is 32.1. The van der Waals surface area contributed by atoms with Gasteiger partial charge in [0, 0.05) is 9.75 Å². The van der Waals surface area contributed by atoms with Crippen LogP contribution in [-0.2, 0) is 16.1 Å². The lowest BCUT2D eigenvalue weighted by Gasteiger charge is -2.24. The first kappa shape index (κ1) is 21.1. The highest BCUT2D eigenvalue weighted by Crippen LogP contribution is 2.46. The Morgan fingerprint density at radius 2 is 1.74 bits per heavy atom. The number of methoxy groups -OCH3 is 2. The number of aliphatic hydroxyl groups excluding tert-OH is 1. The highest BCUT2D eigenvalue weighted by molar-refractivity contribution is 7.10. The SMILES string of the molecule is COc1cccc(OC)c1/C(O)=C1\C(=O)C(=O)N(Cc2cccs2)C1c1sccc1C. The van der Waals surface area contributed by atoms with Crippen LogP contribution in [0.3, 0.4) is 0 Å². The van der Waals surface area contributed by atoms with Crippen molar-refractivity contribution >= 4 is 40.1 Å². The lowest BCUT2D eigenvalue weighted by Crippen LogP contribution is -2.28. The zero-order chi connectivity index (χ0) is 22.1. The van der Waals surface area contributed by atoms with Crippen molar-refractivity contribution in [1.82, 2.24) is 4.90 Å². The number of thiophene rings is 2. The largest absolute Gasteiger partial charge is 0.506 e. The maximum atomic E-state index is 13.2. The molecule has 0 saturated carbocycles. The molecular formula is C23H21NO5S2. The molecule has 8 heteroatoms. The number of benzene rings is 1. The quantitative estimate of drug-likeness (QED) is 0.330. The summed E-state index contributed by atoms with van der Waals surface area (Å²) in [5.74, 6) is -0.966. The number of hydrogen-bond acceptors (Lipinski definition) is 7. The summed E-state index contributed by atoms with van der Waals surface area (Å²) in [5.41, 5.74) is 1.24. The van der Waals surface area contributed by atoms with E-state index in [0.717, 1.165) is 15.3 Å². The smallest absolute Gasteiger partial charge is 0.296 e. The van der Waals surface area contributed by atoms with Crippen LogP contribution < -0.4 is 9.47 Å². The van der Waals surface area contributed by atoms with Crippen LogP contribution in [0.4, 0.5) is 0 Å². The Labute approximate surface area is 188 Å². The second kappa shape index (κ2) is 8.56. The summed E-state index contributed by atoms with van der Waals surface area (Å²) in [5, 5.41) is 15.2. The predicted molar refractivity (Wildman–Crippen MR) is 121 cm³/mol. The first-order chi connectivity index (χ1) is 15.0. The van der Waals surface area contributed by atoms with Gasteiger partial charge in [-0.15, -0.1) is 22.7 Å². The fraction of sp³-hybridized carbons (Fsp3) is 0.217. The second-order valence-electron chi connectivity index (χ2n) is 7.01. The first-order valence-electron chi connectivity index (χ1n) is 9.54. The van der Waals surface area contributed by atoms with Gasteiger partial charge < -0.3 is 19.5 Å². The van der Waals surface area contributed by atoms with E-state index in [2.05, 4.69) is 0 Å². The van der Waals surface area contributed by atoms with Crippen molar-refractivity contribution in [3.63, 3.8) is 0 Å². The van der Waals surface area contributed by atoms with Crippen molar-refractivity contribution < 1.29 is 24.2 Å². The molecule has 31 heavy (non-hydrogen) atoms. The lowest BCUT2D eigenvalue weighted by molar-refractivity contribution is -0.140. The molecule has 0 bridgehead atoms. The molecule has 1 unspecified atom stereocenters. The summed E-state index contributed by atoms with van der Waals surface area (Å²) in [6.07, 6.45) is 0. The molecule has 4 rings (SSSR count). The van der Waals surface area contributed by atoms with Crippen molar-refractivity contribution in [3.05, 3.63) is 73.6 Å². The third kappa shape index (κ3) is 3.62. The van der Waals surface area contributed by atoms with Gasteiger partial charge in [0.25, 0.3) is 11.7 Å². The topological polar surface area (TPSA) is 76.1 Å². The number of carbonyl (C=O) groups excluding carboxylic acids is 2. The minimum atomic E-state index is -0.722. The zero-order valence-corrected chi connectivity index (χ0v) is 18.9. The van der Waals surface area contributed by atoms with Crippen LogP contribution in [0.15, 0.2) is 52.7 Å². The van der Waals surface area contributed by atoms with E-state index in [-0.39, 0.29) is 23.4 Å². The molecule has 0 aliphatic carbocycles. The average molecular weight is 456 g/mol. The van der Waals surface area contributed by atoms with E-state index in [1.807, 2.05) is 35.9 Å². The summed E-state index contributed by atoms with van der Waals surface area (Å²) in [7, 11) is 2.95. The Kier molecular flexibility index (Phi) is 5.84. The Bertz CT molecular complexity index is 1140. The number of hydrogen-bond donors (Lipinski definition) is 1. The summed E-state index contributed by atoms with van der Waals surface area (Å²) in [6, 6.07) is 10.1. The maximum absolute atomic E-state index is 13.2. The van der Waals surface area contributed by atoms with Crippen LogP contribution in [0, 0.1) is 6.92 Å². The summed E-state index contributed by atoms with van der Waals surface area (Å²) in [6.45, 7) is 2.21. The molecule has 0 spiro atoms. The predicted octanol–water partition coefficient (Wildman–Crippen LogP) is 4.76. The zero-order valence-electron chi connectivity index (χ0n) is 17.2. The van der Waals surface area contributed by atoms with Gasteiger partial charge in [0.15, 0.2) is 0 Å². The molecule has 1 atom stereocenters. The molecule has 1 fully saturated rings. The van der Waals surface area contributed by atoms with Crippen molar-refractivity contribution in [1.29, 1.82) is 0 Å². The lowest BCUT2D eigenvalue weighted by atomic mass is 9.97. The van der Waals surface area contributed by atoms with Crippen LogP contribution in [0.2, 0.25) is 0 Å². The number of aliphatic hydroxyl groups is 1. The minimum absolute atomic E-state index is 0.0370. The molecule has 0 radical (unpaired) electrons. The molecular weight excluding hydrogens is 434 g/mol. The average Bonchev–Trinajstić information content (AvgIpc) is 3.50. The van der Waals surface area contributed by atoms with E-state index in [4.69, 9.17) is 9.47 Å². The molecule has 1 aromatic carbocycles. The van der Waals surface area contributed by atoms with Gasteiger partial charge in [0.2, 0.25) is 0 Å². The Morgan fingerprint density at radius 1 is 1.03 bits per heavy atom. The number of likely N-dealkylation sites (tertiary alicyclic amines) is 1. The minimum Gasteiger partial charge on any atom is -0.506 e. The van der Waals surface area contributed by atoms with E-state index < -0.39 is 17.7 Å². The number of ketones is 1. The van der Waals surface area contributed by atoms with Crippen molar-refractivity contribution in [2.75, 3.05) is 14.2 Å². The van der Waals surface area contributed by atoms with Crippen molar-refractivity contribution in [2.24, 2.45) is 0 Å². The normalized spacial score (nSPS) is 17.9. The first-order valence-corrected chi connectivity index (χ1v) is 11.3. The standard InChI is InChI=1S/C23H21NO5S2/c1-13-9-11-31-22(13)19-18(20(25)17-15(28-2)7-4-8-16(17)29-3)21(26)23(27)24(19)12-14-6-5-10-30-14/h4-11,19,25H,12H2,1-3H3/b20-18+. The monoisotopic (exact) mass is 455 g/mol. The number of rotatable bonds is 6. The fourth-order valence-electron chi connectivity index (χ4n) is 3.77. The molecule has 3 heterocycles. The van der Waals surface area contributed by atoms with Gasteiger partial charge in [-0.2, -0.15) is 0 Å². The van der Waals surface area contributed by atoms with Gasteiger partial charge in [-0.1, -0.05) is 12.1 Å². The van der Waals surface area contributed by atoms with Gasteiger partial charge in [-0.25, -0.2) is 0 Å². The van der Waals surface area contributed by atoms with E-state index in [1.54, 1.807) is 18.2 Å². The number of carbonyl (C=O) groups is 2. The summed E-state index contributed by atoms with van der Waals surface area (Å²) >= 11 is 2.97. The van der Waals surface area contributed by atoms with Crippen LogP contribution in [0.5, 0.6) is 11.5 Å². The van der Waals surface area contributed by atoms with Gasteiger partial charge in [0.1, 0.15) is 28.9 Å². The van der Waals surface area contributed by atoms with E-state index in [9.17, 15) is 14.7 Å². The van der Waals surface area contributed by atoms with Crippen LogP contribution in [-0.4, -0.2) is 35.9 Å². The number of Topliss-reactive ketones (excluding diaryl/α,β-unsaturated/α-hetero) is 1. The highest BCUT2D eigenvalue weighted by Gasteiger charge is 2.47. The third-order valence-corrected chi connectivity index (χ3v) is 7.19. The number of nitrogens with zero attached hydrogens (tertiary/aromatic N) is 1. The molecule has 1 aliphatic heterocycles. The van der Waals surface area contributed by atoms with Gasteiger partial charge >= 0.3 is 0 Å². The molecule has 1 amide bonds. The third-order valence-electron chi connectivity index (χ3n) is 5.26. The maximum Gasteiger partial charge on any atom is 0.296 e. The number of ether oxygens (including phenoxy) is 2.